The highest BCUT2D eigenvalue weighted by molar-refractivity contribution is 5.94. The number of hydrogen-bond acceptors (Lipinski definition) is 4. The van der Waals surface area contributed by atoms with Crippen molar-refractivity contribution in [2.24, 2.45) is 5.92 Å². The van der Waals surface area contributed by atoms with Crippen molar-refractivity contribution >= 4 is 5.91 Å². The third kappa shape index (κ3) is 2.95. The van der Waals surface area contributed by atoms with Gasteiger partial charge >= 0.3 is 0 Å². The maximum absolute atomic E-state index is 13.3. The van der Waals surface area contributed by atoms with Crippen LogP contribution >= 0.6 is 0 Å². The number of piperidine rings is 1. The van der Waals surface area contributed by atoms with Crippen molar-refractivity contribution < 1.29 is 9.90 Å². The molecule has 152 valence electrons. The highest BCUT2D eigenvalue weighted by Crippen LogP contribution is 2.41. The molecular formula is C22H25N3O4. The molecule has 0 radical (unpaired) electrons. The second-order valence-corrected chi connectivity index (χ2v) is 8.53. The maximum atomic E-state index is 13.3. The van der Waals surface area contributed by atoms with E-state index in [1.54, 1.807) is 21.6 Å². The van der Waals surface area contributed by atoms with E-state index in [0.717, 1.165) is 49.1 Å². The van der Waals surface area contributed by atoms with E-state index in [1.807, 2.05) is 6.07 Å². The second kappa shape index (κ2) is 6.99. The number of aromatic nitrogens is 2. The van der Waals surface area contributed by atoms with Crippen molar-refractivity contribution in [3.05, 3.63) is 67.5 Å². The molecule has 2 aliphatic heterocycles. The number of aliphatic hydroxyl groups excluding tert-OH is 1. The van der Waals surface area contributed by atoms with Crippen molar-refractivity contribution in [2.45, 2.75) is 44.1 Å². The van der Waals surface area contributed by atoms with E-state index in [1.165, 1.54) is 6.07 Å². The van der Waals surface area contributed by atoms with Gasteiger partial charge in [0.15, 0.2) is 0 Å². The molecule has 2 N–H and O–H groups in total. The number of carbonyl (C=O) groups is 1. The fourth-order valence-corrected chi connectivity index (χ4v) is 5.45. The Kier molecular flexibility index (Phi) is 4.42. The SMILES string of the molecule is O=C(c1cc2c([nH]c1=O)CCCC2)N1C[C@H]2C[C@@H](C1)[C@H](CO)n1c2cccc1=O. The molecule has 3 aliphatic rings. The van der Waals surface area contributed by atoms with Gasteiger partial charge in [0, 0.05) is 42.4 Å². The minimum atomic E-state index is -0.340. The van der Waals surface area contributed by atoms with Gasteiger partial charge in [-0.2, -0.15) is 0 Å². The van der Waals surface area contributed by atoms with Gasteiger partial charge in [-0.3, -0.25) is 14.4 Å². The Morgan fingerprint density at radius 2 is 2.00 bits per heavy atom. The second-order valence-electron chi connectivity index (χ2n) is 8.53. The number of aliphatic hydroxyl groups is 1. The van der Waals surface area contributed by atoms with Crippen LogP contribution in [0.3, 0.4) is 0 Å². The molecule has 2 aromatic heterocycles. The summed E-state index contributed by atoms with van der Waals surface area (Å²) in [5, 5.41) is 9.97. The molecule has 29 heavy (non-hydrogen) atoms. The standard InChI is InChI=1S/C22H25N3O4/c26-12-19-15-8-14(18-6-3-7-20(27)25(18)19)10-24(11-15)22(29)16-9-13-4-1-2-5-17(13)23-21(16)28/h3,6-7,9,14-15,19,26H,1-2,4-5,8,10-12H2,(H,23,28)/t14-,15+,19+/m1/s1. The number of aromatic amines is 1. The number of H-pyrrole nitrogens is 1. The number of nitrogens with zero attached hydrogens (tertiary/aromatic N) is 2. The van der Waals surface area contributed by atoms with Crippen LogP contribution in [0.4, 0.5) is 0 Å². The van der Waals surface area contributed by atoms with Crippen LogP contribution in [0.5, 0.6) is 0 Å². The van der Waals surface area contributed by atoms with Crippen molar-refractivity contribution in [3.63, 3.8) is 0 Å². The average molecular weight is 395 g/mol. The number of aryl methyl sites for hydroxylation is 2. The summed E-state index contributed by atoms with van der Waals surface area (Å²) in [6.45, 7) is 0.779. The third-order valence-corrected chi connectivity index (χ3v) is 6.84. The molecule has 2 aromatic rings. The fourth-order valence-electron chi connectivity index (χ4n) is 5.45. The molecule has 7 nitrogen and oxygen atoms in total. The van der Waals surface area contributed by atoms with Gasteiger partial charge in [-0.1, -0.05) is 6.07 Å². The molecule has 1 saturated heterocycles. The molecule has 1 aliphatic carbocycles. The van der Waals surface area contributed by atoms with E-state index in [2.05, 4.69) is 4.98 Å². The fraction of sp³-hybridized carbons (Fsp3) is 0.500. The summed E-state index contributed by atoms with van der Waals surface area (Å²) in [5.41, 5.74) is 2.67. The van der Waals surface area contributed by atoms with Crippen LogP contribution in [0.2, 0.25) is 0 Å². The number of amides is 1. The number of fused-ring (bicyclic) bond motifs is 5. The van der Waals surface area contributed by atoms with E-state index < -0.39 is 0 Å². The topological polar surface area (TPSA) is 95.4 Å². The van der Waals surface area contributed by atoms with Crippen molar-refractivity contribution in [1.29, 1.82) is 0 Å². The summed E-state index contributed by atoms with van der Waals surface area (Å²) in [5.74, 6) is -0.226. The van der Waals surface area contributed by atoms with Gasteiger partial charge in [0.1, 0.15) is 5.56 Å². The van der Waals surface area contributed by atoms with Crippen LogP contribution in [-0.4, -0.2) is 45.2 Å². The monoisotopic (exact) mass is 395 g/mol. The van der Waals surface area contributed by atoms with Crippen LogP contribution in [0.15, 0.2) is 33.9 Å². The lowest BCUT2D eigenvalue weighted by Crippen LogP contribution is -2.52. The molecule has 0 aromatic carbocycles. The van der Waals surface area contributed by atoms with E-state index in [0.29, 0.717) is 13.1 Å². The zero-order valence-electron chi connectivity index (χ0n) is 16.3. The minimum absolute atomic E-state index is 0.00740. The lowest BCUT2D eigenvalue weighted by atomic mass is 9.78. The quantitative estimate of drug-likeness (QED) is 0.799. The summed E-state index contributed by atoms with van der Waals surface area (Å²) in [6, 6.07) is 6.60. The number of carbonyl (C=O) groups excluding carboxylic acids is 1. The Hall–Kier alpha value is -2.67. The third-order valence-electron chi connectivity index (χ3n) is 6.84. The first-order chi connectivity index (χ1) is 14.1. The smallest absolute Gasteiger partial charge is 0.261 e. The molecule has 0 unspecified atom stereocenters. The first kappa shape index (κ1) is 18.4. The highest BCUT2D eigenvalue weighted by Gasteiger charge is 2.42. The van der Waals surface area contributed by atoms with Crippen LogP contribution in [0.1, 0.15) is 58.5 Å². The first-order valence-corrected chi connectivity index (χ1v) is 10.4. The Bertz CT molecular complexity index is 1090. The predicted molar refractivity (Wildman–Crippen MR) is 107 cm³/mol. The molecule has 1 amide bonds. The Morgan fingerprint density at radius 3 is 2.83 bits per heavy atom. The predicted octanol–water partition coefficient (Wildman–Crippen LogP) is 1.21. The molecular weight excluding hydrogens is 370 g/mol. The number of likely N-dealkylation sites (tertiary alicyclic amines) is 1. The minimum Gasteiger partial charge on any atom is -0.394 e. The zero-order chi connectivity index (χ0) is 20.1. The van der Waals surface area contributed by atoms with E-state index in [-0.39, 0.29) is 47.1 Å². The Balaban J connectivity index is 1.49. The molecule has 0 saturated carbocycles. The van der Waals surface area contributed by atoms with Gasteiger partial charge in [0.05, 0.1) is 12.6 Å². The van der Waals surface area contributed by atoms with Gasteiger partial charge in [0.25, 0.3) is 17.0 Å². The van der Waals surface area contributed by atoms with E-state index in [4.69, 9.17) is 0 Å². The number of nitrogens with one attached hydrogen (secondary N) is 1. The van der Waals surface area contributed by atoms with E-state index in [9.17, 15) is 19.5 Å². The average Bonchev–Trinajstić information content (AvgIpc) is 2.73. The number of rotatable bonds is 2. The van der Waals surface area contributed by atoms with Crippen molar-refractivity contribution in [1.82, 2.24) is 14.5 Å². The molecule has 7 heteroatoms. The largest absolute Gasteiger partial charge is 0.394 e. The molecule has 4 heterocycles. The molecule has 2 bridgehead atoms. The molecule has 5 rings (SSSR count). The van der Waals surface area contributed by atoms with Crippen molar-refractivity contribution in [2.75, 3.05) is 19.7 Å². The van der Waals surface area contributed by atoms with Gasteiger partial charge in [0.2, 0.25) is 0 Å². The summed E-state index contributed by atoms with van der Waals surface area (Å²) in [7, 11) is 0. The van der Waals surface area contributed by atoms with Crippen LogP contribution in [0, 0.1) is 5.92 Å². The normalized spacial score (nSPS) is 25.3. The Morgan fingerprint density at radius 1 is 1.17 bits per heavy atom. The van der Waals surface area contributed by atoms with Crippen molar-refractivity contribution in [3.8, 4) is 0 Å². The lowest BCUT2D eigenvalue weighted by Gasteiger charge is -2.46. The summed E-state index contributed by atoms with van der Waals surface area (Å²) < 4.78 is 1.70. The van der Waals surface area contributed by atoms with Gasteiger partial charge in [-0.15, -0.1) is 0 Å². The molecule has 1 fully saturated rings. The van der Waals surface area contributed by atoms with Gasteiger partial charge in [-0.25, -0.2) is 0 Å². The van der Waals surface area contributed by atoms with Gasteiger partial charge < -0.3 is 19.6 Å². The number of pyridine rings is 2. The Labute approximate surface area is 168 Å². The number of hydrogen-bond donors (Lipinski definition) is 2. The maximum Gasteiger partial charge on any atom is 0.261 e. The lowest BCUT2D eigenvalue weighted by molar-refractivity contribution is 0.0436. The van der Waals surface area contributed by atoms with E-state index >= 15 is 0 Å². The van der Waals surface area contributed by atoms with Crippen LogP contribution in [-0.2, 0) is 12.8 Å². The zero-order valence-corrected chi connectivity index (χ0v) is 16.3. The van der Waals surface area contributed by atoms with Crippen LogP contribution in [0.25, 0.3) is 0 Å². The van der Waals surface area contributed by atoms with Gasteiger partial charge in [-0.05, 0) is 49.8 Å². The summed E-state index contributed by atoms with van der Waals surface area (Å²) in [4.78, 5) is 43.0. The molecule has 0 spiro atoms. The molecule has 3 atom stereocenters. The highest BCUT2D eigenvalue weighted by atomic mass is 16.3. The summed E-state index contributed by atoms with van der Waals surface area (Å²) in [6.07, 6.45) is 4.72. The van der Waals surface area contributed by atoms with Crippen LogP contribution < -0.4 is 11.1 Å². The first-order valence-electron chi connectivity index (χ1n) is 10.4. The summed E-state index contributed by atoms with van der Waals surface area (Å²) >= 11 is 0.